The first-order valence-electron chi connectivity index (χ1n) is 11.2. The van der Waals surface area contributed by atoms with Crippen molar-refractivity contribution in [1.29, 1.82) is 0 Å². The fourth-order valence-electron chi connectivity index (χ4n) is 4.57. The highest BCUT2D eigenvalue weighted by Gasteiger charge is 2.41. The Morgan fingerprint density at radius 2 is 1.82 bits per heavy atom. The molecule has 2 aliphatic rings. The molecule has 1 aromatic carbocycles. The third kappa shape index (κ3) is 5.08. The molecule has 2 fully saturated rings. The normalized spacial score (nSPS) is 22.2. The minimum absolute atomic E-state index is 0.148. The van der Waals surface area contributed by atoms with Gasteiger partial charge < -0.3 is 20.1 Å². The molecule has 3 amide bonds. The average Bonchev–Trinajstić information content (AvgIpc) is 3.18. The molecule has 0 saturated carbocycles. The van der Waals surface area contributed by atoms with Gasteiger partial charge in [0.1, 0.15) is 5.60 Å². The molecule has 1 aromatic heterocycles. The molecule has 2 aromatic rings. The zero-order valence-electron chi connectivity index (χ0n) is 19.5. The number of hydrogen-bond acceptors (Lipinski definition) is 6. The van der Waals surface area contributed by atoms with Crippen LogP contribution in [-0.4, -0.2) is 62.9 Å². The van der Waals surface area contributed by atoms with Crippen molar-refractivity contribution in [2.24, 2.45) is 0 Å². The van der Waals surface area contributed by atoms with Gasteiger partial charge in [-0.3, -0.25) is 4.90 Å². The van der Waals surface area contributed by atoms with E-state index in [4.69, 9.17) is 4.74 Å². The smallest absolute Gasteiger partial charge is 0.410 e. The summed E-state index contributed by atoms with van der Waals surface area (Å²) in [5.41, 5.74) is 1.21. The van der Waals surface area contributed by atoms with Crippen molar-refractivity contribution in [3.63, 3.8) is 0 Å². The second-order valence-corrected chi connectivity index (χ2v) is 9.70. The van der Waals surface area contributed by atoms with E-state index in [2.05, 4.69) is 15.3 Å². The van der Waals surface area contributed by atoms with Crippen LogP contribution in [0.1, 0.15) is 52.1 Å². The number of urea groups is 1. The summed E-state index contributed by atoms with van der Waals surface area (Å²) in [6.07, 6.45) is 4.10. The number of carbonyl (C=O) groups excluding carboxylic acids is 2. The van der Waals surface area contributed by atoms with Crippen LogP contribution in [0, 0.1) is 0 Å². The summed E-state index contributed by atoms with van der Waals surface area (Å²) in [7, 11) is 0. The molecule has 0 radical (unpaired) electrons. The number of nitrogens with zero attached hydrogens (tertiary/aromatic N) is 4. The van der Waals surface area contributed by atoms with Crippen LogP contribution >= 0.6 is 0 Å². The van der Waals surface area contributed by atoms with Gasteiger partial charge in [-0.2, -0.15) is 0 Å². The van der Waals surface area contributed by atoms with Gasteiger partial charge in [-0.05, 0) is 38.8 Å². The van der Waals surface area contributed by atoms with E-state index in [0.29, 0.717) is 38.4 Å². The van der Waals surface area contributed by atoms with Gasteiger partial charge in [0, 0.05) is 50.4 Å². The van der Waals surface area contributed by atoms with Crippen LogP contribution in [-0.2, 0) is 4.74 Å². The van der Waals surface area contributed by atoms with Gasteiger partial charge in [0.2, 0.25) is 5.95 Å². The first-order chi connectivity index (χ1) is 15.5. The summed E-state index contributed by atoms with van der Waals surface area (Å²) in [6.45, 7) is 9.02. The van der Waals surface area contributed by atoms with E-state index in [0.717, 1.165) is 16.7 Å². The standard InChI is InChI=1S/C24H31N5O4/c1-16(28-11-9-24(4,33-22(28)31)15-23(2,3)32)17-5-7-18(8-6-17)19-13-26-20(27-14-19)29-12-10-25-21(29)30/h5-8,13-14,16,32H,9-12,15H2,1-4H3,(H,25,30)/t16-,24-/m0/s1. The predicted octanol–water partition coefficient (Wildman–Crippen LogP) is 3.50. The highest BCUT2D eigenvalue weighted by molar-refractivity contribution is 5.92. The number of cyclic esters (lactones) is 1. The number of benzene rings is 1. The minimum atomic E-state index is -0.901. The number of aliphatic hydroxyl groups is 1. The van der Waals surface area contributed by atoms with Crippen molar-refractivity contribution < 1.29 is 19.4 Å². The number of nitrogens with one attached hydrogen (secondary N) is 1. The summed E-state index contributed by atoms with van der Waals surface area (Å²) < 4.78 is 5.74. The third-order valence-electron chi connectivity index (χ3n) is 6.19. The molecule has 2 aliphatic heterocycles. The average molecular weight is 454 g/mol. The molecule has 3 heterocycles. The molecule has 176 valence electrons. The second kappa shape index (κ2) is 8.62. The molecule has 0 bridgehead atoms. The summed E-state index contributed by atoms with van der Waals surface area (Å²) in [5, 5.41) is 12.9. The van der Waals surface area contributed by atoms with Crippen molar-refractivity contribution >= 4 is 18.1 Å². The zero-order chi connectivity index (χ0) is 23.8. The van der Waals surface area contributed by atoms with Gasteiger partial charge in [0.15, 0.2) is 0 Å². The van der Waals surface area contributed by atoms with Gasteiger partial charge in [-0.1, -0.05) is 24.3 Å². The SMILES string of the molecule is C[C@@H](c1ccc(-c2cnc(N3CCNC3=O)nc2)cc1)N1CC[C@@](C)(CC(C)(C)O)OC1=O. The van der Waals surface area contributed by atoms with E-state index < -0.39 is 11.2 Å². The predicted molar refractivity (Wildman–Crippen MR) is 124 cm³/mol. The Kier molecular flexibility index (Phi) is 6.00. The van der Waals surface area contributed by atoms with Crippen LogP contribution in [0.5, 0.6) is 0 Å². The summed E-state index contributed by atoms with van der Waals surface area (Å²) in [4.78, 5) is 36.4. The number of carbonyl (C=O) groups is 2. The Bertz CT molecular complexity index is 1020. The topological polar surface area (TPSA) is 108 Å². The summed E-state index contributed by atoms with van der Waals surface area (Å²) >= 11 is 0. The van der Waals surface area contributed by atoms with Crippen molar-refractivity contribution in [1.82, 2.24) is 20.2 Å². The Balaban J connectivity index is 1.42. The number of ether oxygens (including phenoxy) is 1. The van der Waals surface area contributed by atoms with Gasteiger partial charge in [-0.15, -0.1) is 0 Å². The van der Waals surface area contributed by atoms with Crippen molar-refractivity contribution in [2.45, 2.75) is 57.8 Å². The van der Waals surface area contributed by atoms with Gasteiger partial charge >= 0.3 is 12.1 Å². The molecule has 0 unspecified atom stereocenters. The minimum Gasteiger partial charge on any atom is -0.443 e. The summed E-state index contributed by atoms with van der Waals surface area (Å²) in [5.74, 6) is 0.388. The van der Waals surface area contributed by atoms with Crippen molar-refractivity contribution in [3.05, 3.63) is 42.2 Å². The van der Waals surface area contributed by atoms with E-state index in [-0.39, 0.29) is 18.2 Å². The van der Waals surface area contributed by atoms with E-state index in [1.807, 2.05) is 38.1 Å². The lowest BCUT2D eigenvalue weighted by Gasteiger charge is -2.43. The van der Waals surface area contributed by atoms with Crippen LogP contribution < -0.4 is 10.2 Å². The van der Waals surface area contributed by atoms with E-state index in [1.165, 1.54) is 4.90 Å². The third-order valence-corrected chi connectivity index (χ3v) is 6.19. The highest BCUT2D eigenvalue weighted by Crippen LogP contribution is 2.35. The van der Waals surface area contributed by atoms with Gasteiger partial charge in [0.05, 0.1) is 11.6 Å². The zero-order valence-corrected chi connectivity index (χ0v) is 19.5. The first kappa shape index (κ1) is 23.0. The van der Waals surface area contributed by atoms with Crippen LogP contribution in [0.25, 0.3) is 11.1 Å². The van der Waals surface area contributed by atoms with Gasteiger partial charge in [0.25, 0.3) is 0 Å². The maximum absolute atomic E-state index is 12.7. The molecule has 0 spiro atoms. The van der Waals surface area contributed by atoms with Crippen molar-refractivity contribution in [3.8, 4) is 11.1 Å². The largest absolute Gasteiger partial charge is 0.443 e. The fourth-order valence-corrected chi connectivity index (χ4v) is 4.57. The molecule has 2 N–H and O–H groups in total. The maximum Gasteiger partial charge on any atom is 0.410 e. The number of aromatic nitrogens is 2. The fraction of sp³-hybridized carbons (Fsp3) is 0.500. The number of amides is 3. The molecule has 9 heteroatoms. The van der Waals surface area contributed by atoms with E-state index >= 15 is 0 Å². The molecular weight excluding hydrogens is 422 g/mol. The van der Waals surface area contributed by atoms with Crippen LogP contribution in [0.15, 0.2) is 36.7 Å². The number of hydrogen-bond donors (Lipinski definition) is 2. The maximum atomic E-state index is 12.7. The molecular formula is C24H31N5O4. The molecule has 9 nitrogen and oxygen atoms in total. The lowest BCUT2D eigenvalue weighted by Crippen LogP contribution is -2.51. The first-order valence-corrected chi connectivity index (χ1v) is 11.2. The van der Waals surface area contributed by atoms with Crippen LogP contribution in [0.4, 0.5) is 15.5 Å². The molecule has 33 heavy (non-hydrogen) atoms. The van der Waals surface area contributed by atoms with Crippen molar-refractivity contribution in [2.75, 3.05) is 24.5 Å². The lowest BCUT2D eigenvalue weighted by molar-refractivity contribution is -0.0859. The van der Waals surface area contributed by atoms with E-state index in [1.54, 1.807) is 31.1 Å². The Hall–Kier alpha value is -3.20. The monoisotopic (exact) mass is 453 g/mol. The lowest BCUT2D eigenvalue weighted by atomic mass is 9.87. The molecule has 4 rings (SSSR count). The quantitative estimate of drug-likeness (QED) is 0.693. The molecule has 0 aliphatic carbocycles. The Morgan fingerprint density at radius 1 is 1.15 bits per heavy atom. The number of rotatable bonds is 6. The van der Waals surface area contributed by atoms with Crippen LogP contribution in [0.2, 0.25) is 0 Å². The van der Waals surface area contributed by atoms with Crippen LogP contribution in [0.3, 0.4) is 0 Å². The van der Waals surface area contributed by atoms with Gasteiger partial charge in [-0.25, -0.2) is 19.6 Å². The highest BCUT2D eigenvalue weighted by atomic mass is 16.6. The number of anilines is 1. The molecule has 2 atom stereocenters. The summed E-state index contributed by atoms with van der Waals surface area (Å²) in [6, 6.07) is 7.59. The molecule has 2 saturated heterocycles. The van der Waals surface area contributed by atoms with E-state index in [9.17, 15) is 14.7 Å². The Morgan fingerprint density at radius 3 is 2.36 bits per heavy atom. The Labute approximate surface area is 193 Å². The second-order valence-electron chi connectivity index (χ2n) is 9.70.